The van der Waals surface area contributed by atoms with Crippen LogP contribution in [0.4, 0.5) is 0 Å². The average Bonchev–Trinajstić information content (AvgIpc) is 2.78. The minimum Gasteiger partial charge on any atom is -0.303 e. The van der Waals surface area contributed by atoms with E-state index >= 15 is 0 Å². The molecule has 0 aliphatic heterocycles. The second-order valence-corrected chi connectivity index (χ2v) is 5.62. The second-order valence-electron chi connectivity index (χ2n) is 4.46. The van der Waals surface area contributed by atoms with Gasteiger partial charge in [-0.25, -0.2) is 4.98 Å². The number of aromatic amines is 1. The molecule has 0 saturated carbocycles. The second kappa shape index (κ2) is 5.60. The number of benzene rings is 1. The number of halogens is 2. The van der Waals surface area contributed by atoms with Crippen molar-refractivity contribution in [1.82, 2.24) is 19.7 Å². The molecule has 0 aliphatic carbocycles. The SMILES string of the molecule is Cn1c(-c2ccccc2-c2cc(Cl)nc(Cl)c2)n[nH]c1=S. The molecule has 0 unspecified atom stereocenters. The molecule has 0 atom stereocenters. The lowest BCUT2D eigenvalue weighted by Gasteiger charge is -2.09. The maximum absolute atomic E-state index is 5.99. The zero-order valence-electron chi connectivity index (χ0n) is 11.0. The molecule has 0 bridgehead atoms. The highest BCUT2D eigenvalue weighted by Crippen LogP contribution is 2.32. The maximum Gasteiger partial charge on any atom is 0.195 e. The van der Waals surface area contributed by atoms with Gasteiger partial charge in [-0.1, -0.05) is 47.5 Å². The van der Waals surface area contributed by atoms with Gasteiger partial charge in [0.1, 0.15) is 10.3 Å². The summed E-state index contributed by atoms with van der Waals surface area (Å²) in [7, 11) is 1.87. The highest BCUT2D eigenvalue weighted by molar-refractivity contribution is 7.71. The Morgan fingerprint density at radius 3 is 2.29 bits per heavy atom. The first-order valence-electron chi connectivity index (χ1n) is 6.10. The fourth-order valence-electron chi connectivity index (χ4n) is 2.14. The van der Waals surface area contributed by atoms with Gasteiger partial charge in [-0.3, -0.25) is 5.10 Å². The summed E-state index contributed by atoms with van der Waals surface area (Å²) in [6.07, 6.45) is 0. The van der Waals surface area contributed by atoms with Crippen LogP contribution in [0.15, 0.2) is 36.4 Å². The molecule has 2 aromatic heterocycles. The standard InChI is InChI=1S/C14H10Cl2N4S/c1-20-13(18-19-14(20)21)10-5-3-2-4-9(10)8-6-11(15)17-12(16)7-8/h2-7H,1H3,(H,19,21). The molecule has 2 heterocycles. The summed E-state index contributed by atoms with van der Waals surface area (Å²) in [5.41, 5.74) is 2.77. The molecule has 0 radical (unpaired) electrons. The largest absolute Gasteiger partial charge is 0.303 e. The fourth-order valence-corrected chi connectivity index (χ4v) is 2.73. The number of pyridine rings is 1. The van der Waals surface area contributed by atoms with Crippen LogP contribution in [0.2, 0.25) is 10.3 Å². The van der Waals surface area contributed by atoms with Crippen LogP contribution in [-0.2, 0) is 7.05 Å². The number of aromatic nitrogens is 4. The Bertz CT molecular complexity index is 849. The van der Waals surface area contributed by atoms with E-state index in [2.05, 4.69) is 15.2 Å². The van der Waals surface area contributed by atoms with Crippen molar-refractivity contribution >= 4 is 35.4 Å². The van der Waals surface area contributed by atoms with Crippen LogP contribution in [0, 0.1) is 4.77 Å². The van der Waals surface area contributed by atoms with Gasteiger partial charge < -0.3 is 4.57 Å². The van der Waals surface area contributed by atoms with Crippen molar-refractivity contribution in [1.29, 1.82) is 0 Å². The third-order valence-electron chi connectivity index (χ3n) is 3.12. The molecule has 0 fully saturated rings. The third kappa shape index (κ3) is 2.72. The Kier molecular flexibility index (Phi) is 3.80. The van der Waals surface area contributed by atoms with Gasteiger partial charge in [-0.05, 0) is 35.5 Å². The summed E-state index contributed by atoms with van der Waals surface area (Å²) in [6.45, 7) is 0. The molecule has 106 valence electrons. The van der Waals surface area contributed by atoms with Crippen LogP contribution in [0.25, 0.3) is 22.5 Å². The number of nitrogens with one attached hydrogen (secondary N) is 1. The van der Waals surface area contributed by atoms with Crippen LogP contribution in [-0.4, -0.2) is 19.7 Å². The van der Waals surface area contributed by atoms with Crippen molar-refractivity contribution < 1.29 is 0 Å². The van der Waals surface area contributed by atoms with Gasteiger partial charge in [-0.15, -0.1) is 0 Å². The summed E-state index contributed by atoms with van der Waals surface area (Å²) in [5.74, 6) is 0.750. The van der Waals surface area contributed by atoms with Gasteiger partial charge in [0.05, 0.1) is 0 Å². The first kappa shape index (κ1) is 14.3. The summed E-state index contributed by atoms with van der Waals surface area (Å²) in [5, 5.41) is 7.77. The highest BCUT2D eigenvalue weighted by atomic mass is 35.5. The van der Waals surface area contributed by atoms with E-state index < -0.39 is 0 Å². The van der Waals surface area contributed by atoms with Crippen LogP contribution in [0.5, 0.6) is 0 Å². The van der Waals surface area contributed by atoms with E-state index in [1.165, 1.54) is 0 Å². The molecule has 1 aromatic carbocycles. The van der Waals surface area contributed by atoms with Gasteiger partial charge in [0, 0.05) is 12.6 Å². The van der Waals surface area contributed by atoms with E-state index in [0.29, 0.717) is 15.1 Å². The van der Waals surface area contributed by atoms with Gasteiger partial charge >= 0.3 is 0 Å². The van der Waals surface area contributed by atoms with E-state index in [4.69, 9.17) is 35.4 Å². The Hall–Kier alpha value is -1.69. The lowest BCUT2D eigenvalue weighted by atomic mass is 10.0. The van der Waals surface area contributed by atoms with Crippen molar-refractivity contribution in [2.75, 3.05) is 0 Å². The quantitative estimate of drug-likeness (QED) is 0.553. The fraction of sp³-hybridized carbons (Fsp3) is 0.0714. The molecule has 21 heavy (non-hydrogen) atoms. The minimum atomic E-state index is 0.350. The summed E-state index contributed by atoms with van der Waals surface area (Å²) >= 11 is 17.2. The molecule has 4 nitrogen and oxygen atoms in total. The van der Waals surface area contributed by atoms with Gasteiger partial charge in [0.2, 0.25) is 0 Å². The molecule has 1 N–H and O–H groups in total. The predicted octanol–water partition coefficient (Wildman–Crippen LogP) is 4.51. The molecule has 0 spiro atoms. The zero-order chi connectivity index (χ0) is 15.0. The lowest BCUT2D eigenvalue weighted by molar-refractivity contribution is 0.902. The van der Waals surface area contributed by atoms with Gasteiger partial charge in [-0.2, -0.15) is 5.10 Å². The smallest absolute Gasteiger partial charge is 0.195 e. The first-order chi connectivity index (χ1) is 10.1. The van der Waals surface area contributed by atoms with E-state index in [1.54, 1.807) is 12.1 Å². The Morgan fingerprint density at radius 1 is 1.10 bits per heavy atom. The predicted molar refractivity (Wildman–Crippen MR) is 87.1 cm³/mol. The minimum absolute atomic E-state index is 0.350. The number of hydrogen-bond donors (Lipinski definition) is 1. The van der Waals surface area contributed by atoms with Crippen LogP contribution in [0.1, 0.15) is 0 Å². The van der Waals surface area contributed by atoms with Crippen molar-refractivity contribution in [3.8, 4) is 22.5 Å². The monoisotopic (exact) mass is 336 g/mol. The van der Waals surface area contributed by atoms with E-state index in [9.17, 15) is 0 Å². The van der Waals surface area contributed by atoms with Gasteiger partial charge in [0.25, 0.3) is 0 Å². The zero-order valence-corrected chi connectivity index (χ0v) is 13.3. The molecule has 0 amide bonds. The van der Waals surface area contributed by atoms with Gasteiger partial charge in [0.15, 0.2) is 10.6 Å². The Labute approximate surface area is 136 Å². The van der Waals surface area contributed by atoms with Crippen molar-refractivity contribution in [3.05, 3.63) is 51.5 Å². The van der Waals surface area contributed by atoms with Crippen LogP contribution < -0.4 is 0 Å². The summed E-state index contributed by atoms with van der Waals surface area (Å²) in [4.78, 5) is 3.97. The number of H-pyrrole nitrogens is 1. The molecule has 7 heteroatoms. The van der Waals surface area contributed by atoms with Crippen LogP contribution >= 0.6 is 35.4 Å². The van der Waals surface area contributed by atoms with Crippen molar-refractivity contribution in [3.63, 3.8) is 0 Å². The maximum atomic E-state index is 5.99. The molecular formula is C14H10Cl2N4S. The first-order valence-corrected chi connectivity index (χ1v) is 7.27. The van der Waals surface area contributed by atoms with E-state index in [0.717, 1.165) is 22.5 Å². The third-order valence-corrected chi connectivity index (χ3v) is 3.87. The summed E-state index contributed by atoms with van der Waals surface area (Å²) in [6, 6.07) is 11.4. The lowest BCUT2D eigenvalue weighted by Crippen LogP contribution is -1.95. The molecule has 0 aliphatic rings. The number of nitrogens with zero attached hydrogens (tertiary/aromatic N) is 3. The number of hydrogen-bond acceptors (Lipinski definition) is 3. The molecule has 0 saturated heterocycles. The normalized spacial score (nSPS) is 10.8. The highest BCUT2D eigenvalue weighted by Gasteiger charge is 2.13. The summed E-state index contributed by atoms with van der Waals surface area (Å²) < 4.78 is 2.38. The van der Waals surface area contributed by atoms with Crippen molar-refractivity contribution in [2.24, 2.45) is 7.05 Å². The topological polar surface area (TPSA) is 46.5 Å². The van der Waals surface area contributed by atoms with E-state index in [-0.39, 0.29) is 0 Å². The number of rotatable bonds is 2. The Balaban J connectivity index is 2.25. The Morgan fingerprint density at radius 2 is 1.71 bits per heavy atom. The molecule has 3 aromatic rings. The molecular weight excluding hydrogens is 327 g/mol. The van der Waals surface area contributed by atoms with E-state index in [1.807, 2.05) is 35.9 Å². The molecule has 3 rings (SSSR count). The average molecular weight is 337 g/mol. The van der Waals surface area contributed by atoms with Crippen molar-refractivity contribution in [2.45, 2.75) is 0 Å². The van der Waals surface area contributed by atoms with Crippen LogP contribution in [0.3, 0.4) is 0 Å².